The van der Waals surface area contributed by atoms with Crippen LogP contribution < -0.4 is 0 Å². The van der Waals surface area contributed by atoms with Gasteiger partial charge in [-0.3, -0.25) is 0 Å². The molecule has 1 aromatic carbocycles. The summed E-state index contributed by atoms with van der Waals surface area (Å²) in [4.78, 5) is 0. The molecule has 1 heterocycles. The van der Waals surface area contributed by atoms with Gasteiger partial charge in [0, 0.05) is 24.7 Å². The predicted molar refractivity (Wildman–Crippen MR) is 59.6 cm³/mol. The van der Waals surface area contributed by atoms with Gasteiger partial charge in [0.1, 0.15) is 11.6 Å². The van der Waals surface area contributed by atoms with E-state index >= 15 is 0 Å². The third-order valence-corrected chi connectivity index (χ3v) is 3.15. The largest absolute Gasteiger partial charge is 0.388 e. The molecule has 17 heavy (non-hydrogen) atoms. The van der Waals surface area contributed by atoms with Crippen LogP contribution in [0.15, 0.2) is 12.1 Å². The summed E-state index contributed by atoms with van der Waals surface area (Å²) in [6.45, 7) is 2.25. The van der Waals surface area contributed by atoms with E-state index < -0.39 is 17.7 Å². The summed E-state index contributed by atoms with van der Waals surface area (Å²) in [5.41, 5.74) is 0.493. The van der Waals surface area contributed by atoms with Crippen LogP contribution in [0.5, 0.6) is 0 Å². The quantitative estimate of drug-likeness (QED) is 0.883. The Kier molecular flexibility index (Phi) is 3.74. The molecule has 1 aliphatic rings. The molecule has 0 bridgehead atoms. The predicted octanol–water partition coefficient (Wildman–Crippen LogP) is 2.88. The number of hydrogen-bond donors (Lipinski definition) is 1. The Labute approximate surface area is 99.2 Å². The molecule has 2 unspecified atom stereocenters. The number of halogens is 2. The van der Waals surface area contributed by atoms with E-state index in [4.69, 9.17) is 4.74 Å². The number of hydrogen-bond acceptors (Lipinski definition) is 2. The van der Waals surface area contributed by atoms with Crippen LogP contribution in [-0.4, -0.2) is 17.8 Å². The van der Waals surface area contributed by atoms with Gasteiger partial charge in [0.15, 0.2) is 0 Å². The van der Waals surface area contributed by atoms with E-state index in [1.807, 2.05) is 0 Å². The van der Waals surface area contributed by atoms with Crippen molar-refractivity contribution in [3.8, 4) is 0 Å². The van der Waals surface area contributed by atoms with Crippen molar-refractivity contribution in [2.75, 3.05) is 6.61 Å². The number of benzene rings is 1. The molecule has 1 aromatic rings. The molecule has 1 aliphatic heterocycles. The highest BCUT2D eigenvalue weighted by molar-refractivity contribution is 5.27. The molecule has 2 atom stereocenters. The van der Waals surface area contributed by atoms with E-state index in [1.165, 1.54) is 6.07 Å². The van der Waals surface area contributed by atoms with Crippen molar-refractivity contribution in [3.63, 3.8) is 0 Å². The number of aliphatic hydroxyl groups excluding tert-OH is 1. The minimum absolute atomic E-state index is 0.0187. The van der Waals surface area contributed by atoms with Crippen LogP contribution in [0.1, 0.15) is 36.5 Å². The van der Waals surface area contributed by atoms with Crippen molar-refractivity contribution < 1.29 is 18.6 Å². The lowest BCUT2D eigenvalue weighted by molar-refractivity contribution is 0.0521. The zero-order valence-electron chi connectivity index (χ0n) is 9.75. The van der Waals surface area contributed by atoms with Crippen molar-refractivity contribution in [1.29, 1.82) is 0 Å². The molecule has 0 radical (unpaired) electrons. The molecular weight excluding hydrogens is 226 g/mol. The lowest BCUT2D eigenvalue weighted by Crippen LogP contribution is -2.12. The maximum Gasteiger partial charge on any atom is 0.131 e. The lowest BCUT2D eigenvalue weighted by Gasteiger charge is -2.16. The third-order valence-electron chi connectivity index (χ3n) is 3.15. The Hall–Kier alpha value is -1.00. The first kappa shape index (κ1) is 12.5. The highest BCUT2D eigenvalue weighted by atomic mass is 19.1. The molecule has 4 heteroatoms. The minimum Gasteiger partial charge on any atom is -0.388 e. The summed E-state index contributed by atoms with van der Waals surface area (Å²) in [7, 11) is 0. The second-order valence-electron chi connectivity index (χ2n) is 4.51. The number of ether oxygens (including phenoxy) is 1. The molecule has 2 nitrogen and oxygen atoms in total. The maximum atomic E-state index is 13.5. The highest BCUT2D eigenvalue weighted by Gasteiger charge is 2.23. The fourth-order valence-corrected chi connectivity index (χ4v) is 2.14. The van der Waals surface area contributed by atoms with E-state index in [9.17, 15) is 13.9 Å². The molecule has 1 saturated heterocycles. The van der Waals surface area contributed by atoms with Crippen LogP contribution in [0.2, 0.25) is 0 Å². The number of aryl methyl sites for hydroxylation is 1. The molecule has 0 aromatic heterocycles. The van der Waals surface area contributed by atoms with Crippen molar-refractivity contribution in [3.05, 3.63) is 34.9 Å². The van der Waals surface area contributed by atoms with Crippen molar-refractivity contribution in [2.24, 2.45) is 0 Å². The average molecular weight is 242 g/mol. The molecule has 2 rings (SSSR count). The molecule has 0 spiro atoms. The van der Waals surface area contributed by atoms with Gasteiger partial charge in [-0.2, -0.15) is 0 Å². The first-order chi connectivity index (χ1) is 8.08. The summed E-state index contributed by atoms with van der Waals surface area (Å²) in [5.74, 6) is -1.28. The van der Waals surface area contributed by atoms with Gasteiger partial charge in [0.05, 0.1) is 12.2 Å². The fraction of sp³-hybridized carbons (Fsp3) is 0.538. The van der Waals surface area contributed by atoms with E-state index in [2.05, 4.69) is 0 Å². The molecular formula is C13H16F2O2. The Balaban J connectivity index is 2.12. The molecule has 1 fully saturated rings. The van der Waals surface area contributed by atoms with E-state index in [1.54, 1.807) is 6.92 Å². The third kappa shape index (κ3) is 2.82. The van der Waals surface area contributed by atoms with Crippen LogP contribution in [-0.2, 0) is 4.74 Å². The van der Waals surface area contributed by atoms with Crippen molar-refractivity contribution >= 4 is 0 Å². The fourth-order valence-electron chi connectivity index (χ4n) is 2.14. The normalized spacial score (nSPS) is 21.8. The number of rotatable bonds is 3. The standard InChI is InChI=1S/C13H16F2O2/c1-8-5-10(12(15)7-11(8)14)13(16)6-9-3-2-4-17-9/h5,7,9,13,16H,2-4,6H2,1H3. The zero-order valence-corrected chi connectivity index (χ0v) is 9.75. The molecule has 0 saturated carbocycles. The van der Waals surface area contributed by atoms with Gasteiger partial charge in [-0.05, 0) is 31.4 Å². The lowest BCUT2D eigenvalue weighted by atomic mass is 9.99. The van der Waals surface area contributed by atoms with Crippen LogP contribution >= 0.6 is 0 Å². The summed E-state index contributed by atoms with van der Waals surface area (Å²) in [6.07, 6.45) is 1.27. The molecule has 0 amide bonds. The Bertz CT molecular complexity index is 401. The smallest absolute Gasteiger partial charge is 0.131 e. The Morgan fingerprint density at radius 1 is 1.41 bits per heavy atom. The maximum absolute atomic E-state index is 13.5. The summed E-state index contributed by atoms with van der Waals surface area (Å²) in [5, 5.41) is 9.93. The Morgan fingerprint density at radius 3 is 2.82 bits per heavy atom. The SMILES string of the molecule is Cc1cc(C(O)CC2CCCO2)c(F)cc1F. The first-order valence-corrected chi connectivity index (χ1v) is 5.83. The highest BCUT2D eigenvalue weighted by Crippen LogP contribution is 2.28. The molecule has 94 valence electrons. The average Bonchev–Trinajstić information content (AvgIpc) is 2.76. The Morgan fingerprint density at radius 2 is 2.18 bits per heavy atom. The monoisotopic (exact) mass is 242 g/mol. The van der Waals surface area contributed by atoms with Gasteiger partial charge in [0.25, 0.3) is 0 Å². The zero-order chi connectivity index (χ0) is 12.4. The van der Waals surface area contributed by atoms with Crippen molar-refractivity contribution in [2.45, 2.75) is 38.4 Å². The summed E-state index contributed by atoms with van der Waals surface area (Å²) in [6, 6.07) is 2.19. The second-order valence-corrected chi connectivity index (χ2v) is 4.51. The van der Waals surface area contributed by atoms with Gasteiger partial charge in [-0.1, -0.05) is 0 Å². The van der Waals surface area contributed by atoms with Gasteiger partial charge in [-0.15, -0.1) is 0 Å². The van der Waals surface area contributed by atoms with Crippen LogP contribution in [0.4, 0.5) is 8.78 Å². The molecule has 1 N–H and O–H groups in total. The van der Waals surface area contributed by atoms with Gasteiger partial charge in [-0.25, -0.2) is 8.78 Å². The van der Waals surface area contributed by atoms with Crippen LogP contribution in [0, 0.1) is 18.6 Å². The van der Waals surface area contributed by atoms with Gasteiger partial charge in [0.2, 0.25) is 0 Å². The number of aliphatic hydroxyl groups is 1. The summed E-state index contributed by atoms with van der Waals surface area (Å²) >= 11 is 0. The minimum atomic E-state index is -0.933. The first-order valence-electron chi connectivity index (χ1n) is 5.83. The van der Waals surface area contributed by atoms with Gasteiger partial charge < -0.3 is 9.84 Å². The van der Waals surface area contributed by atoms with Gasteiger partial charge >= 0.3 is 0 Å². The van der Waals surface area contributed by atoms with E-state index in [-0.39, 0.29) is 11.7 Å². The second kappa shape index (κ2) is 5.10. The van der Waals surface area contributed by atoms with Crippen molar-refractivity contribution in [1.82, 2.24) is 0 Å². The van der Waals surface area contributed by atoms with Crippen LogP contribution in [0.3, 0.4) is 0 Å². The van der Waals surface area contributed by atoms with E-state index in [0.717, 1.165) is 18.9 Å². The summed E-state index contributed by atoms with van der Waals surface area (Å²) < 4.78 is 32.0. The topological polar surface area (TPSA) is 29.5 Å². The van der Waals surface area contributed by atoms with Crippen LogP contribution in [0.25, 0.3) is 0 Å². The van der Waals surface area contributed by atoms with E-state index in [0.29, 0.717) is 18.6 Å². The molecule has 0 aliphatic carbocycles.